The van der Waals surface area contributed by atoms with Crippen molar-refractivity contribution in [1.29, 1.82) is 5.26 Å². The molecule has 4 heteroatoms. The molecule has 0 saturated carbocycles. The molecule has 86 valence electrons. The zero-order valence-corrected chi connectivity index (χ0v) is 11.4. The molecule has 0 spiro atoms. The lowest BCUT2D eigenvalue weighted by Gasteiger charge is -2.15. The quantitative estimate of drug-likeness (QED) is 0.582. The van der Waals surface area contributed by atoms with Gasteiger partial charge in [-0.05, 0) is 54.3 Å². The second-order valence-corrected chi connectivity index (χ2v) is 5.29. The van der Waals surface area contributed by atoms with E-state index in [1.165, 1.54) is 17.8 Å². The molecule has 0 saturated heterocycles. The Morgan fingerprint density at radius 2 is 2.31 bits per heavy atom. The van der Waals surface area contributed by atoms with Crippen LogP contribution in [-0.2, 0) is 0 Å². The highest BCUT2D eigenvalue weighted by Gasteiger charge is 2.14. The zero-order valence-electron chi connectivity index (χ0n) is 9.04. The molecule has 1 atom stereocenters. The summed E-state index contributed by atoms with van der Waals surface area (Å²) in [7, 11) is 0. The van der Waals surface area contributed by atoms with Gasteiger partial charge in [0.05, 0.1) is 0 Å². The molecule has 0 radical (unpaired) electrons. The van der Waals surface area contributed by atoms with Crippen molar-refractivity contribution >= 4 is 27.7 Å². The van der Waals surface area contributed by atoms with Gasteiger partial charge in [-0.15, -0.1) is 0 Å². The Morgan fingerprint density at radius 3 is 2.94 bits per heavy atom. The molecule has 1 aromatic rings. The number of nitriles is 1. The summed E-state index contributed by atoms with van der Waals surface area (Å²) in [5, 5.41) is 10.5. The van der Waals surface area contributed by atoms with E-state index in [2.05, 4.69) is 15.9 Å². The summed E-state index contributed by atoms with van der Waals surface area (Å²) in [5.41, 5.74) is 0.746. The summed E-state index contributed by atoms with van der Waals surface area (Å²) >= 11 is 4.58. The summed E-state index contributed by atoms with van der Waals surface area (Å²) in [5.74, 6) is 0.788. The van der Waals surface area contributed by atoms with Gasteiger partial charge in [-0.1, -0.05) is 22.9 Å². The fourth-order valence-corrected chi connectivity index (χ4v) is 2.53. The Bertz CT molecular complexity index is 389. The average Bonchev–Trinajstić information content (AvgIpc) is 2.28. The molecule has 0 heterocycles. The summed E-state index contributed by atoms with van der Waals surface area (Å²) in [4.78, 5) is 0. The third-order valence-corrected chi connectivity index (χ3v) is 3.59. The largest absolute Gasteiger partial charge is 0.207 e. The molecular formula is C12H13BrFNS. The van der Waals surface area contributed by atoms with Gasteiger partial charge >= 0.3 is 0 Å². The van der Waals surface area contributed by atoms with Gasteiger partial charge in [-0.3, -0.25) is 0 Å². The van der Waals surface area contributed by atoms with Gasteiger partial charge in [-0.25, -0.2) is 4.39 Å². The maximum atomic E-state index is 13.6. The highest BCUT2D eigenvalue weighted by atomic mass is 79.9. The van der Waals surface area contributed by atoms with Crippen LogP contribution in [0.25, 0.3) is 0 Å². The van der Waals surface area contributed by atoms with Crippen LogP contribution in [0.3, 0.4) is 0 Å². The van der Waals surface area contributed by atoms with Crippen LogP contribution in [0.1, 0.15) is 31.2 Å². The van der Waals surface area contributed by atoms with Crippen LogP contribution in [0.2, 0.25) is 0 Å². The van der Waals surface area contributed by atoms with Crippen molar-refractivity contribution in [3.8, 4) is 5.40 Å². The number of nitrogens with zero attached hydrogens (tertiary/aromatic N) is 1. The first-order chi connectivity index (χ1) is 7.69. The van der Waals surface area contributed by atoms with E-state index in [-0.39, 0.29) is 11.7 Å². The molecule has 1 unspecified atom stereocenters. The van der Waals surface area contributed by atoms with Crippen molar-refractivity contribution in [2.45, 2.75) is 25.7 Å². The molecule has 1 rings (SSSR count). The molecule has 0 aliphatic heterocycles. The Balaban J connectivity index is 2.78. The lowest BCUT2D eigenvalue weighted by molar-refractivity contribution is 0.560. The number of rotatable bonds is 5. The second-order valence-electron chi connectivity index (χ2n) is 3.50. The first-order valence-electron chi connectivity index (χ1n) is 5.14. The van der Waals surface area contributed by atoms with Crippen molar-refractivity contribution in [3.63, 3.8) is 0 Å². The van der Waals surface area contributed by atoms with Gasteiger partial charge in [0.25, 0.3) is 0 Å². The smallest absolute Gasteiger partial charge is 0.133 e. The fourth-order valence-electron chi connectivity index (χ4n) is 1.65. The van der Waals surface area contributed by atoms with Crippen molar-refractivity contribution in [3.05, 3.63) is 34.1 Å². The lowest BCUT2D eigenvalue weighted by atomic mass is 9.93. The molecular weight excluding hydrogens is 289 g/mol. The van der Waals surface area contributed by atoms with E-state index in [1.807, 2.05) is 18.4 Å². The molecule has 1 nitrogen and oxygen atoms in total. The predicted molar refractivity (Wildman–Crippen MR) is 69.8 cm³/mol. The molecule has 0 bridgehead atoms. The normalized spacial score (nSPS) is 12.1. The minimum Gasteiger partial charge on any atom is -0.207 e. The van der Waals surface area contributed by atoms with Crippen LogP contribution in [-0.4, -0.2) is 5.75 Å². The van der Waals surface area contributed by atoms with E-state index in [1.54, 1.807) is 6.07 Å². The Morgan fingerprint density at radius 1 is 1.56 bits per heavy atom. The van der Waals surface area contributed by atoms with E-state index >= 15 is 0 Å². The number of thioether (sulfide) groups is 1. The summed E-state index contributed by atoms with van der Waals surface area (Å²) < 4.78 is 14.5. The van der Waals surface area contributed by atoms with Gasteiger partial charge in [0.15, 0.2) is 0 Å². The molecule has 16 heavy (non-hydrogen) atoms. The Labute approximate surface area is 108 Å². The van der Waals surface area contributed by atoms with Crippen LogP contribution in [0.5, 0.6) is 0 Å². The lowest BCUT2D eigenvalue weighted by Crippen LogP contribution is -2.02. The van der Waals surface area contributed by atoms with Gasteiger partial charge in [0, 0.05) is 10.2 Å². The van der Waals surface area contributed by atoms with Gasteiger partial charge < -0.3 is 0 Å². The second kappa shape index (κ2) is 6.93. The SMILES string of the molecule is CCC(CCSC#N)c1cc(Br)ccc1F. The summed E-state index contributed by atoms with van der Waals surface area (Å²) in [6, 6.07) is 5.02. The van der Waals surface area contributed by atoms with Crippen LogP contribution < -0.4 is 0 Å². The third kappa shape index (κ3) is 3.80. The summed E-state index contributed by atoms with van der Waals surface area (Å²) in [6.07, 6.45) is 1.72. The molecule has 0 aromatic heterocycles. The molecule has 1 aromatic carbocycles. The van der Waals surface area contributed by atoms with Crippen molar-refractivity contribution in [1.82, 2.24) is 0 Å². The standard InChI is InChI=1S/C12H13BrFNS/c1-2-9(5-6-16-8-15)11-7-10(13)3-4-12(11)14/h3-4,7,9H,2,5-6H2,1H3. The van der Waals surface area contributed by atoms with E-state index in [0.717, 1.165) is 28.6 Å². The number of halogens is 2. The Kier molecular flexibility index (Phi) is 5.86. The molecule has 0 fully saturated rings. The van der Waals surface area contributed by atoms with E-state index in [4.69, 9.17) is 5.26 Å². The predicted octanol–water partition coefficient (Wildman–Crippen LogP) is 4.69. The summed E-state index contributed by atoms with van der Waals surface area (Å²) in [6.45, 7) is 2.04. The average molecular weight is 302 g/mol. The van der Waals surface area contributed by atoms with Crippen LogP contribution in [0.4, 0.5) is 4.39 Å². The van der Waals surface area contributed by atoms with Crippen molar-refractivity contribution in [2.24, 2.45) is 0 Å². The topological polar surface area (TPSA) is 23.8 Å². The Hall–Kier alpha value is -0.530. The minimum absolute atomic E-state index is 0.156. The zero-order chi connectivity index (χ0) is 12.0. The maximum Gasteiger partial charge on any atom is 0.133 e. The number of benzene rings is 1. The first kappa shape index (κ1) is 13.5. The molecule has 0 aliphatic rings. The minimum atomic E-state index is -0.156. The van der Waals surface area contributed by atoms with Crippen molar-refractivity contribution in [2.75, 3.05) is 5.75 Å². The fraction of sp³-hybridized carbons (Fsp3) is 0.417. The van der Waals surface area contributed by atoms with Crippen molar-refractivity contribution < 1.29 is 4.39 Å². The van der Waals surface area contributed by atoms with Crippen LogP contribution in [0, 0.1) is 16.5 Å². The van der Waals surface area contributed by atoms with Crippen LogP contribution in [0.15, 0.2) is 22.7 Å². The monoisotopic (exact) mass is 301 g/mol. The first-order valence-corrected chi connectivity index (χ1v) is 6.92. The number of hydrogen-bond donors (Lipinski definition) is 0. The van der Waals surface area contributed by atoms with E-state index in [9.17, 15) is 4.39 Å². The van der Waals surface area contributed by atoms with Crippen LogP contribution >= 0.6 is 27.7 Å². The highest BCUT2D eigenvalue weighted by Crippen LogP contribution is 2.29. The third-order valence-electron chi connectivity index (χ3n) is 2.52. The molecule has 0 N–H and O–H groups in total. The maximum absolute atomic E-state index is 13.6. The van der Waals surface area contributed by atoms with E-state index in [0.29, 0.717) is 0 Å². The van der Waals surface area contributed by atoms with Gasteiger partial charge in [0.1, 0.15) is 11.2 Å². The van der Waals surface area contributed by atoms with Gasteiger partial charge in [0.2, 0.25) is 0 Å². The molecule has 0 amide bonds. The molecule has 0 aliphatic carbocycles. The van der Waals surface area contributed by atoms with Gasteiger partial charge in [-0.2, -0.15) is 5.26 Å². The highest BCUT2D eigenvalue weighted by molar-refractivity contribution is 9.10. The number of hydrogen-bond acceptors (Lipinski definition) is 2. The number of thiocyanates is 1. The van der Waals surface area contributed by atoms with E-state index < -0.39 is 0 Å².